The van der Waals surface area contributed by atoms with Crippen molar-refractivity contribution in [1.82, 2.24) is 0 Å². The lowest BCUT2D eigenvalue weighted by Gasteiger charge is -2.09. The summed E-state index contributed by atoms with van der Waals surface area (Å²) in [6.45, 7) is 0.124. The van der Waals surface area contributed by atoms with E-state index < -0.39 is 0 Å². The van der Waals surface area contributed by atoms with E-state index in [1.54, 1.807) is 42.5 Å². The van der Waals surface area contributed by atoms with Crippen LogP contribution in [0.25, 0.3) is 6.08 Å². The summed E-state index contributed by atoms with van der Waals surface area (Å²) in [5.74, 6) is 3.10. The van der Waals surface area contributed by atoms with Crippen LogP contribution in [-0.4, -0.2) is 19.5 Å². The summed E-state index contributed by atoms with van der Waals surface area (Å²) in [4.78, 5) is 12.3. The Balaban J connectivity index is 2.20. The third kappa shape index (κ3) is 4.55. The largest absolute Gasteiger partial charge is 0.493 e. The minimum absolute atomic E-state index is 0.124. The van der Waals surface area contributed by atoms with E-state index in [9.17, 15) is 4.79 Å². The van der Waals surface area contributed by atoms with Gasteiger partial charge in [0.2, 0.25) is 0 Å². The van der Waals surface area contributed by atoms with E-state index in [0.29, 0.717) is 32.7 Å². The molecule has 122 valence electrons. The van der Waals surface area contributed by atoms with Gasteiger partial charge >= 0.3 is 0 Å². The van der Waals surface area contributed by atoms with Gasteiger partial charge in [-0.1, -0.05) is 35.2 Å². The molecule has 3 nitrogen and oxygen atoms in total. The number of carbonyl (C=O) groups is 1. The predicted molar refractivity (Wildman–Crippen MR) is 97.1 cm³/mol. The molecule has 0 radical (unpaired) electrons. The van der Waals surface area contributed by atoms with Gasteiger partial charge in [0.25, 0.3) is 0 Å². The van der Waals surface area contributed by atoms with Crippen LogP contribution in [-0.2, 0) is 0 Å². The fourth-order valence-corrected chi connectivity index (χ4v) is 2.43. The van der Waals surface area contributed by atoms with E-state index in [1.807, 2.05) is 0 Å². The number of rotatable bonds is 6. The molecule has 0 bridgehead atoms. The molecule has 0 aromatic heterocycles. The molecule has 0 aliphatic heterocycles. The lowest BCUT2D eigenvalue weighted by molar-refractivity contribution is 0.104. The van der Waals surface area contributed by atoms with Crippen molar-refractivity contribution < 1.29 is 14.3 Å². The first-order valence-electron chi connectivity index (χ1n) is 6.97. The fraction of sp³-hybridized carbons (Fsp3) is 0.105. The zero-order valence-electron chi connectivity index (χ0n) is 12.9. The standard InChI is InChI=1S/C19H14Cl2O3/c1-3-10-24-18-9-6-14(11-19(18)23-2)17(22)8-5-13-4-7-15(20)12-16(13)21/h1,4-9,11-12H,10H2,2H3/b8-5+. The molecule has 0 aliphatic carbocycles. The molecule has 0 amide bonds. The number of allylic oxidation sites excluding steroid dienone is 1. The summed E-state index contributed by atoms with van der Waals surface area (Å²) < 4.78 is 10.6. The lowest BCUT2D eigenvalue weighted by atomic mass is 10.1. The molecule has 0 aliphatic rings. The molecular formula is C19H14Cl2O3. The van der Waals surface area contributed by atoms with Crippen LogP contribution in [0.15, 0.2) is 42.5 Å². The molecule has 0 N–H and O–H groups in total. The summed E-state index contributed by atoms with van der Waals surface area (Å²) in [7, 11) is 1.50. The van der Waals surface area contributed by atoms with Crippen LogP contribution >= 0.6 is 23.2 Å². The number of ketones is 1. The number of benzene rings is 2. The molecule has 2 aromatic rings. The van der Waals surface area contributed by atoms with Gasteiger partial charge in [0.15, 0.2) is 17.3 Å². The van der Waals surface area contributed by atoms with Crippen LogP contribution < -0.4 is 9.47 Å². The highest BCUT2D eigenvalue weighted by molar-refractivity contribution is 6.35. The molecule has 0 spiro atoms. The summed E-state index contributed by atoms with van der Waals surface area (Å²) in [5.41, 5.74) is 1.16. The fourth-order valence-electron chi connectivity index (χ4n) is 1.96. The minimum Gasteiger partial charge on any atom is -0.493 e. The SMILES string of the molecule is C#CCOc1ccc(C(=O)/C=C/c2ccc(Cl)cc2Cl)cc1OC. The number of terminal acetylenes is 1. The lowest BCUT2D eigenvalue weighted by Crippen LogP contribution is -2.00. The maximum atomic E-state index is 12.3. The Hall–Kier alpha value is -2.41. The van der Waals surface area contributed by atoms with E-state index in [0.717, 1.165) is 0 Å². The maximum Gasteiger partial charge on any atom is 0.185 e. The second kappa shape index (κ2) is 8.44. The molecule has 0 unspecified atom stereocenters. The van der Waals surface area contributed by atoms with Crippen molar-refractivity contribution >= 4 is 35.1 Å². The number of hydrogen-bond acceptors (Lipinski definition) is 3. The summed E-state index contributed by atoms with van der Waals surface area (Å²) >= 11 is 11.9. The Bertz CT molecular complexity index is 820. The molecule has 0 saturated carbocycles. The molecule has 2 aromatic carbocycles. The number of carbonyl (C=O) groups excluding carboxylic acids is 1. The summed E-state index contributed by atoms with van der Waals surface area (Å²) in [6.07, 6.45) is 8.24. The van der Waals surface area contributed by atoms with E-state index in [2.05, 4.69) is 5.92 Å². The van der Waals surface area contributed by atoms with Gasteiger partial charge in [-0.2, -0.15) is 0 Å². The molecular weight excluding hydrogens is 347 g/mol. The van der Waals surface area contributed by atoms with Crippen molar-refractivity contribution in [2.24, 2.45) is 0 Å². The average molecular weight is 361 g/mol. The van der Waals surface area contributed by atoms with Crippen LogP contribution in [0.4, 0.5) is 0 Å². The minimum atomic E-state index is -0.192. The highest BCUT2D eigenvalue weighted by Crippen LogP contribution is 2.28. The Morgan fingerprint density at radius 1 is 1.21 bits per heavy atom. The van der Waals surface area contributed by atoms with E-state index in [1.165, 1.54) is 13.2 Å². The highest BCUT2D eigenvalue weighted by atomic mass is 35.5. The van der Waals surface area contributed by atoms with Gasteiger partial charge in [-0.3, -0.25) is 4.79 Å². The topological polar surface area (TPSA) is 35.5 Å². The number of ether oxygens (including phenoxy) is 2. The van der Waals surface area contributed by atoms with Crippen molar-refractivity contribution in [3.8, 4) is 23.8 Å². The second-order valence-electron chi connectivity index (χ2n) is 4.72. The van der Waals surface area contributed by atoms with Gasteiger partial charge in [-0.15, -0.1) is 6.42 Å². The normalized spacial score (nSPS) is 10.4. The van der Waals surface area contributed by atoms with Gasteiger partial charge < -0.3 is 9.47 Å². The van der Waals surface area contributed by atoms with Gasteiger partial charge in [-0.25, -0.2) is 0 Å². The number of halogens is 2. The third-order valence-corrected chi connectivity index (χ3v) is 3.70. The first kappa shape index (κ1) is 17.9. The van der Waals surface area contributed by atoms with Gasteiger partial charge in [0, 0.05) is 15.6 Å². The Morgan fingerprint density at radius 3 is 2.67 bits per heavy atom. The van der Waals surface area contributed by atoms with Gasteiger partial charge in [0.1, 0.15) is 6.61 Å². The van der Waals surface area contributed by atoms with E-state index >= 15 is 0 Å². The monoisotopic (exact) mass is 360 g/mol. The highest BCUT2D eigenvalue weighted by Gasteiger charge is 2.09. The van der Waals surface area contributed by atoms with Crippen LogP contribution in [0.5, 0.6) is 11.5 Å². The Kier molecular flexibility index (Phi) is 6.31. The third-order valence-electron chi connectivity index (χ3n) is 3.14. The predicted octanol–water partition coefficient (Wildman–Crippen LogP) is 4.91. The van der Waals surface area contributed by atoms with Crippen LogP contribution in [0.3, 0.4) is 0 Å². The zero-order chi connectivity index (χ0) is 17.5. The molecule has 2 rings (SSSR count). The first-order chi connectivity index (χ1) is 11.5. The number of hydrogen-bond donors (Lipinski definition) is 0. The van der Waals surface area contributed by atoms with Crippen LogP contribution in [0.1, 0.15) is 15.9 Å². The van der Waals surface area contributed by atoms with Crippen molar-refractivity contribution in [3.05, 3.63) is 63.6 Å². The molecule has 24 heavy (non-hydrogen) atoms. The smallest absolute Gasteiger partial charge is 0.185 e. The molecule has 0 atom stereocenters. The second-order valence-corrected chi connectivity index (χ2v) is 5.57. The maximum absolute atomic E-state index is 12.3. The zero-order valence-corrected chi connectivity index (χ0v) is 14.4. The van der Waals surface area contributed by atoms with Gasteiger partial charge in [-0.05, 0) is 48.0 Å². The van der Waals surface area contributed by atoms with Crippen molar-refractivity contribution in [2.75, 3.05) is 13.7 Å². The van der Waals surface area contributed by atoms with E-state index in [4.69, 9.17) is 39.1 Å². The molecule has 5 heteroatoms. The molecule has 0 saturated heterocycles. The molecule has 0 fully saturated rings. The van der Waals surface area contributed by atoms with Crippen LogP contribution in [0, 0.1) is 12.3 Å². The summed E-state index contributed by atoms with van der Waals surface area (Å²) in [5, 5.41) is 1.01. The summed E-state index contributed by atoms with van der Waals surface area (Å²) in [6, 6.07) is 9.96. The van der Waals surface area contributed by atoms with Gasteiger partial charge in [0.05, 0.1) is 7.11 Å². The first-order valence-corrected chi connectivity index (χ1v) is 7.72. The molecule has 0 heterocycles. The quantitative estimate of drug-likeness (QED) is 0.417. The Morgan fingerprint density at radius 2 is 2.00 bits per heavy atom. The number of methoxy groups -OCH3 is 1. The van der Waals surface area contributed by atoms with Crippen LogP contribution in [0.2, 0.25) is 10.0 Å². The van der Waals surface area contributed by atoms with Crippen molar-refractivity contribution in [3.63, 3.8) is 0 Å². The van der Waals surface area contributed by atoms with Crippen molar-refractivity contribution in [2.45, 2.75) is 0 Å². The average Bonchev–Trinajstić information content (AvgIpc) is 2.58. The van der Waals surface area contributed by atoms with Crippen molar-refractivity contribution in [1.29, 1.82) is 0 Å². The van der Waals surface area contributed by atoms with E-state index in [-0.39, 0.29) is 12.4 Å². The Labute approximate surface area is 150 Å².